The van der Waals surface area contributed by atoms with Crippen LogP contribution >= 0.6 is 23.2 Å². The number of rotatable bonds is 6. The van der Waals surface area contributed by atoms with E-state index in [1.54, 1.807) is 0 Å². The molecule has 1 aromatic rings. The van der Waals surface area contributed by atoms with E-state index in [1.165, 1.54) is 0 Å². The van der Waals surface area contributed by atoms with Crippen LogP contribution in [0.15, 0.2) is 22.2 Å². The number of halogens is 2. The maximum atomic E-state index is 12.3. The number of unbranched alkanes of at least 4 members (excludes halogenated alkanes) is 2. The largest absolute Gasteiger partial charge is 0.288 e. The first-order chi connectivity index (χ1) is 10.5. The fourth-order valence-electron chi connectivity index (χ4n) is 2.70. The molecule has 2 rings (SSSR count). The third-order valence-electron chi connectivity index (χ3n) is 4.02. The van der Waals surface area contributed by atoms with E-state index in [2.05, 4.69) is 13.8 Å². The van der Waals surface area contributed by atoms with E-state index < -0.39 is 0 Å². The summed E-state index contributed by atoms with van der Waals surface area (Å²) in [4.78, 5) is 24.6. The third kappa shape index (κ3) is 3.28. The van der Waals surface area contributed by atoms with E-state index in [-0.39, 0.29) is 21.6 Å². The van der Waals surface area contributed by atoms with Gasteiger partial charge in [-0.1, -0.05) is 49.9 Å². The molecule has 0 saturated carbocycles. The molecule has 0 radical (unpaired) electrons. The molecule has 0 aliphatic heterocycles. The van der Waals surface area contributed by atoms with Crippen molar-refractivity contribution in [3.8, 4) is 0 Å². The molecule has 1 aliphatic rings. The standard InChI is InChI=1S/C18H20Cl2O2/c1-3-5-7-11-9-13-14(10-12(11)8-6-4-2)18(22)16(20)15(19)17(13)21/h9-10H,3-8H2,1-2H3. The van der Waals surface area contributed by atoms with Gasteiger partial charge in [-0.2, -0.15) is 0 Å². The zero-order chi connectivity index (χ0) is 16.3. The summed E-state index contributed by atoms with van der Waals surface area (Å²) in [7, 11) is 0. The maximum absolute atomic E-state index is 12.3. The quantitative estimate of drug-likeness (QED) is 0.691. The van der Waals surface area contributed by atoms with Crippen LogP contribution in [-0.4, -0.2) is 11.6 Å². The summed E-state index contributed by atoms with van der Waals surface area (Å²) in [5.74, 6) is -0.692. The van der Waals surface area contributed by atoms with Crippen LogP contribution in [0.25, 0.3) is 0 Å². The van der Waals surface area contributed by atoms with Crippen LogP contribution in [0.1, 0.15) is 71.4 Å². The number of hydrogen-bond donors (Lipinski definition) is 0. The third-order valence-corrected chi connectivity index (χ3v) is 4.84. The van der Waals surface area contributed by atoms with Crippen molar-refractivity contribution in [2.24, 2.45) is 0 Å². The smallest absolute Gasteiger partial charge is 0.206 e. The number of carbonyl (C=O) groups is 2. The topological polar surface area (TPSA) is 34.1 Å². The normalized spacial score (nSPS) is 14.5. The molecule has 0 bridgehead atoms. The number of fused-ring (bicyclic) bond motifs is 1. The highest BCUT2D eigenvalue weighted by atomic mass is 35.5. The van der Waals surface area contributed by atoms with E-state index in [4.69, 9.17) is 23.2 Å². The highest BCUT2D eigenvalue weighted by Crippen LogP contribution is 2.33. The average molecular weight is 339 g/mol. The molecule has 0 N–H and O–H groups in total. The first-order valence-corrected chi connectivity index (χ1v) is 8.57. The minimum atomic E-state index is -0.346. The molecular weight excluding hydrogens is 319 g/mol. The Balaban J connectivity index is 2.51. The minimum Gasteiger partial charge on any atom is -0.288 e. The zero-order valence-corrected chi connectivity index (χ0v) is 14.5. The predicted octanol–water partition coefficient (Wildman–Crippen LogP) is 5.44. The number of ketones is 2. The Morgan fingerprint density at radius 2 is 1.14 bits per heavy atom. The highest BCUT2D eigenvalue weighted by Gasteiger charge is 2.31. The lowest BCUT2D eigenvalue weighted by Gasteiger charge is -2.18. The lowest BCUT2D eigenvalue weighted by molar-refractivity contribution is 0.0986. The van der Waals surface area contributed by atoms with Crippen molar-refractivity contribution in [1.29, 1.82) is 0 Å². The maximum Gasteiger partial charge on any atom is 0.206 e. The molecule has 0 fully saturated rings. The van der Waals surface area contributed by atoms with Gasteiger partial charge in [0.05, 0.1) is 0 Å². The molecule has 0 saturated heterocycles. The summed E-state index contributed by atoms with van der Waals surface area (Å²) in [5.41, 5.74) is 3.09. The molecule has 2 nitrogen and oxygen atoms in total. The summed E-state index contributed by atoms with van der Waals surface area (Å²) in [6.45, 7) is 4.27. The van der Waals surface area contributed by atoms with Crippen molar-refractivity contribution >= 4 is 34.8 Å². The average Bonchev–Trinajstić information content (AvgIpc) is 2.54. The van der Waals surface area contributed by atoms with Crippen molar-refractivity contribution < 1.29 is 9.59 Å². The Kier molecular flexibility index (Phi) is 5.82. The fourth-order valence-corrected chi connectivity index (χ4v) is 3.08. The van der Waals surface area contributed by atoms with Gasteiger partial charge >= 0.3 is 0 Å². The number of hydrogen-bond acceptors (Lipinski definition) is 2. The number of allylic oxidation sites excluding steroid dienone is 2. The first kappa shape index (κ1) is 17.2. The molecule has 1 aromatic carbocycles. The molecule has 0 spiro atoms. The van der Waals surface area contributed by atoms with Crippen LogP contribution in [0.5, 0.6) is 0 Å². The van der Waals surface area contributed by atoms with Crippen molar-refractivity contribution in [2.45, 2.75) is 52.4 Å². The van der Waals surface area contributed by atoms with Crippen LogP contribution < -0.4 is 0 Å². The molecule has 1 aliphatic carbocycles. The lowest BCUT2D eigenvalue weighted by Crippen LogP contribution is -2.19. The SMILES string of the molecule is CCCCc1cc2c(cc1CCCC)C(=O)C(Cl)=C(Cl)C2=O. The van der Waals surface area contributed by atoms with E-state index in [1.807, 2.05) is 12.1 Å². The monoisotopic (exact) mass is 338 g/mol. The summed E-state index contributed by atoms with van der Waals surface area (Å²) >= 11 is 11.8. The molecule has 22 heavy (non-hydrogen) atoms. The summed E-state index contributed by atoms with van der Waals surface area (Å²) in [6.07, 6.45) is 6.13. The van der Waals surface area contributed by atoms with E-state index >= 15 is 0 Å². The number of benzene rings is 1. The van der Waals surface area contributed by atoms with Gasteiger partial charge in [0, 0.05) is 11.1 Å². The molecule has 0 unspecified atom stereocenters. The van der Waals surface area contributed by atoms with Crippen LogP contribution in [-0.2, 0) is 12.8 Å². The van der Waals surface area contributed by atoms with Crippen LogP contribution in [0, 0.1) is 0 Å². The summed E-state index contributed by atoms with van der Waals surface area (Å²) < 4.78 is 0. The van der Waals surface area contributed by atoms with Gasteiger partial charge in [0.2, 0.25) is 11.6 Å². The highest BCUT2D eigenvalue weighted by molar-refractivity contribution is 6.59. The second-order valence-corrected chi connectivity index (χ2v) is 6.42. The second-order valence-electron chi connectivity index (χ2n) is 5.66. The van der Waals surface area contributed by atoms with Gasteiger partial charge in [-0.25, -0.2) is 0 Å². The van der Waals surface area contributed by atoms with Gasteiger partial charge in [0.1, 0.15) is 10.1 Å². The van der Waals surface area contributed by atoms with Gasteiger partial charge in [0.25, 0.3) is 0 Å². The molecular formula is C18H20Cl2O2. The molecule has 0 aromatic heterocycles. The minimum absolute atomic E-state index is 0.165. The van der Waals surface area contributed by atoms with Gasteiger partial charge in [-0.15, -0.1) is 0 Å². The molecule has 118 valence electrons. The van der Waals surface area contributed by atoms with Gasteiger partial charge in [-0.3, -0.25) is 9.59 Å². The summed E-state index contributed by atoms with van der Waals surface area (Å²) in [5, 5.41) is -0.330. The zero-order valence-electron chi connectivity index (χ0n) is 13.0. The fraction of sp³-hybridized carbons (Fsp3) is 0.444. The molecule has 0 atom stereocenters. The Morgan fingerprint density at radius 3 is 1.45 bits per heavy atom. The number of Topliss-reactive ketones (excluding diaryl/α,β-unsaturated/α-hetero) is 2. The summed E-state index contributed by atoms with van der Waals surface area (Å²) in [6, 6.07) is 3.70. The molecule has 4 heteroatoms. The van der Waals surface area contributed by atoms with Crippen molar-refractivity contribution in [1.82, 2.24) is 0 Å². The number of carbonyl (C=O) groups excluding carboxylic acids is 2. The van der Waals surface area contributed by atoms with Gasteiger partial charge < -0.3 is 0 Å². The van der Waals surface area contributed by atoms with Crippen LogP contribution in [0.2, 0.25) is 0 Å². The van der Waals surface area contributed by atoms with Crippen LogP contribution in [0.3, 0.4) is 0 Å². The second kappa shape index (κ2) is 7.43. The van der Waals surface area contributed by atoms with Crippen molar-refractivity contribution in [3.05, 3.63) is 44.5 Å². The first-order valence-electron chi connectivity index (χ1n) is 7.81. The van der Waals surface area contributed by atoms with Crippen LogP contribution in [0.4, 0.5) is 0 Å². The van der Waals surface area contributed by atoms with E-state index in [9.17, 15) is 9.59 Å². The predicted molar refractivity (Wildman–Crippen MR) is 91.1 cm³/mol. The van der Waals surface area contributed by atoms with E-state index in [0.29, 0.717) is 11.1 Å². The Hall–Kier alpha value is -1.12. The molecule has 0 heterocycles. The van der Waals surface area contributed by atoms with Gasteiger partial charge in [-0.05, 0) is 48.9 Å². The Labute approximate surface area is 141 Å². The lowest BCUT2D eigenvalue weighted by atomic mass is 9.87. The Morgan fingerprint density at radius 1 is 0.773 bits per heavy atom. The van der Waals surface area contributed by atoms with Crippen molar-refractivity contribution in [2.75, 3.05) is 0 Å². The van der Waals surface area contributed by atoms with Crippen molar-refractivity contribution in [3.63, 3.8) is 0 Å². The van der Waals surface area contributed by atoms with Gasteiger partial charge in [0.15, 0.2) is 0 Å². The van der Waals surface area contributed by atoms with E-state index in [0.717, 1.165) is 49.7 Å². The Bertz CT molecular complexity index is 590. The molecule has 0 amide bonds. The number of aryl methyl sites for hydroxylation is 2.